The fourth-order valence-corrected chi connectivity index (χ4v) is 2.34. The van der Waals surface area contributed by atoms with Gasteiger partial charge in [-0.3, -0.25) is 14.6 Å². The molecule has 0 saturated carbocycles. The Bertz CT molecular complexity index is 938. The molecule has 3 aromatic rings. The molecule has 0 radical (unpaired) electrons. The van der Waals surface area contributed by atoms with Crippen LogP contribution < -0.4 is 15.6 Å². The first-order valence-corrected chi connectivity index (χ1v) is 7.59. The van der Waals surface area contributed by atoms with Gasteiger partial charge < -0.3 is 10.1 Å². The van der Waals surface area contributed by atoms with E-state index in [1.54, 1.807) is 31.5 Å². The van der Waals surface area contributed by atoms with Crippen molar-refractivity contribution in [2.24, 2.45) is 0 Å². The molecule has 0 aliphatic rings. The summed E-state index contributed by atoms with van der Waals surface area (Å²) < 4.78 is 6.43. The molecule has 0 fully saturated rings. The van der Waals surface area contributed by atoms with Crippen LogP contribution in [0.5, 0.6) is 5.75 Å². The lowest BCUT2D eigenvalue weighted by Gasteiger charge is -2.10. The SMILES string of the molecule is COc1ccccc1-c1ccc(=O)n(CC(=O)Nc2cccnc2)n1. The van der Waals surface area contributed by atoms with Gasteiger partial charge in [-0.05, 0) is 30.3 Å². The molecular formula is C18H16N4O3. The van der Waals surface area contributed by atoms with Crippen molar-refractivity contribution in [1.82, 2.24) is 14.8 Å². The van der Waals surface area contributed by atoms with Crippen molar-refractivity contribution in [3.8, 4) is 17.0 Å². The molecule has 0 bridgehead atoms. The lowest BCUT2D eigenvalue weighted by molar-refractivity contribution is -0.117. The normalized spacial score (nSPS) is 10.3. The molecule has 0 unspecified atom stereocenters. The maximum absolute atomic E-state index is 12.1. The van der Waals surface area contributed by atoms with E-state index in [0.29, 0.717) is 17.1 Å². The predicted molar refractivity (Wildman–Crippen MR) is 93.4 cm³/mol. The minimum absolute atomic E-state index is 0.198. The highest BCUT2D eigenvalue weighted by atomic mass is 16.5. The highest BCUT2D eigenvalue weighted by Gasteiger charge is 2.11. The van der Waals surface area contributed by atoms with Crippen molar-refractivity contribution in [3.05, 3.63) is 71.3 Å². The Morgan fingerprint density at radius 1 is 1.16 bits per heavy atom. The molecule has 126 valence electrons. The molecule has 3 rings (SSSR count). The smallest absolute Gasteiger partial charge is 0.267 e. The first kappa shape index (κ1) is 16.4. The quantitative estimate of drug-likeness (QED) is 0.770. The van der Waals surface area contributed by atoms with E-state index < -0.39 is 0 Å². The number of carbonyl (C=O) groups excluding carboxylic acids is 1. The van der Waals surface area contributed by atoms with Crippen molar-refractivity contribution in [2.45, 2.75) is 6.54 Å². The van der Waals surface area contributed by atoms with E-state index in [1.807, 2.05) is 24.3 Å². The lowest BCUT2D eigenvalue weighted by atomic mass is 10.1. The molecule has 0 spiro atoms. The summed E-state index contributed by atoms with van der Waals surface area (Å²) in [7, 11) is 1.57. The summed E-state index contributed by atoms with van der Waals surface area (Å²) in [5, 5.41) is 6.95. The van der Waals surface area contributed by atoms with Crippen LogP contribution in [-0.4, -0.2) is 27.8 Å². The number of nitrogens with zero attached hydrogens (tertiary/aromatic N) is 3. The number of amides is 1. The molecular weight excluding hydrogens is 320 g/mol. The zero-order valence-electron chi connectivity index (χ0n) is 13.5. The molecule has 0 atom stereocenters. The number of benzene rings is 1. The van der Waals surface area contributed by atoms with Crippen LogP contribution in [0.3, 0.4) is 0 Å². The Labute approximate surface area is 143 Å². The maximum Gasteiger partial charge on any atom is 0.267 e. The van der Waals surface area contributed by atoms with Crippen LogP contribution in [-0.2, 0) is 11.3 Å². The average molecular weight is 336 g/mol. The van der Waals surface area contributed by atoms with Gasteiger partial charge in [0.2, 0.25) is 5.91 Å². The number of aromatic nitrogens is 3. The topological polar surface area (TPSA) is 86.1 Å². The van der Waals surface area contributed by atoms with Gasteiger partial charge in [0.15, 0.2) is 0 Å². The van der Waals surface area contributed by atoms with Crippen LogP contribution in [0.4, 0.5) is 5.69 Å². The Morgan fingerprint density at radius 2 is 2.00 bits per heavy atom. The van der Waals surface area contributed by atoms with Crippen molar-refractivity contribution >= 4 is 11.6 Å². The summed E-state index contributed by atoms with van der Waals surface area (Å²) >= 11 is 0. The second kappa shape index (κ2) is 7.39. The number of methoxy groups -OCH3 is 1. The minimum Gasteiger partial charge on any atom is -0.496 e. The molecule has 25 heavy (non-hydrogen) atoms. The Kier molecular flexibility index (Phi) is 4.84. The number of hydrogen-bond acceptors (Lipinski definition) is 5. The van der Waals surface area contributed by atoms with Crippen LogP contribution in [0.25, 0.3) is 11.3 Å². The van der Waals surface area contributed by atoms with E-state index in [0.717, 1.165) is 10.2 Å². The molecule has 1 N–H and O–H groups in total. The Balaban J connectivity index is 1.85. The predicted octanol–water partition coefficient (Wildman–Crippen LogP) is 1.95. The zero-order chi connectivity index (χ0) is 17.6. The minimum atomic E-state index is -0.361. The second-order valence-corrected chi connectivity index (χ2v) is 5.20. The number of carbonyl (C=O) groups is 1. The van der Waals surface area contributed by atoms with E-state index in [4.69, 9.17) is 4.74 Å². The van der Waals surface area contributed by atoms with E-state index in [2.05, 4.69) is 15.4 Å². The highest BCUT2D eigenvalue weighted by molar-refractivity contribution is 5.90. The van der Waals surface area contributed by atoms with Gasteiger partial charge in [0.05, 0.1) is 24.7 Å². The van der Waals surface area contributed by atoms with E-state index >= 15 is 0 Å². The molecule has 7 nitrogen and oxygen atoms in total. The fourth-order valence-electron chi connectivity index (χ4n) is 2.34. The number of rotatable bonds is 5. The Morgan fingerprint density at radius 3 is 2.76 bits per heavy atom. The number of nitrogens with one attached hydrogen (secondary N) is 1. The lowest BCUT2D eigenvalue weighted by Crippen LogP contribution is -2.29. The number of para-hydroxylation sites is 1. The van der Waals surface area contributed by atoms with Gasteiger partial charge in [-0.2, -0.15) is 5.10 Å². The number of pyridine rings is 1. The van der Waals surface area contributed by atoms with Crippen molar-refractivity contribution in [3.63, 3.8) is 0 Å². The van der Waals surface area contributed by atoms with Gasteiger partial charge in [-0.15, -0.1) is 0 Å². The molecule has 0 aliphatic carbocycles. The Hall–Kier alpha value is -3.48. The number of hydrogen-bond donors (Lipinski definition) is 1. The van der Waals surface area contributed by atoms with Crippen LogP contribution >= 0.6 is 0 Å². The summed E-state index contributed by atoms with van der Waals surface area (Å²) in [4.78, 5) is 28.1. The van der Waals surface area contributed by atoms with Crippen LogP contribution in [0.15, 0.2) is 65.7 Å². The van der Waals surface area contributed by atoms with Gasteiger partial charge in [-0.1, -0.05) is 12.1 Å². The van der Waals surface area contributed by atoms with Gasteiger partial charge >= 0.3 is 0 Å². The number of ether oxygens (including phenoxy) is 1. The summed E-state index contributed by atoms with van der Waals surface area (Å²) in [6.07, 6.45) is 3.14. The zero-order valence-corrected chi connectivity index (χ0v) is 13.5. The van der Waals surface area contributed by atoms with Crippen LogP contribution in [0.2, 0.25) is 0 Å². The molecule has 1 aromatic carbocycles. The van der Waals surface area contributed by atoms with E-state index in [1.165, 1.54) is 12.3 Å². The average Bonchev–Trinajstić information content (AvgIpc) is 2.64. The summed E-state index contributed by atoms with van der Waals surface area (Å²) in [6.45, 7) is -0.198. The fraction of sp³-hybridized carbons (Fsp3) is 0.111. The molecule has 2 aromatic heterocycles. The third kappa shape index (κ3) is 3.89. The molecule has 1 amide bonds. The monoisotopic (exact) mass is 336 g/mol. The van der Waals surface area contributed by atoms with Crippen LogP contribution in [0.1, 0.15) is 0 Å². The second-order valence-electron chi connectivity index (χ2n) is 5.20. The molecule has 7 heteroatoms. The largest absolute Gasteiger partial charge is 0.496 e. The maximum atomic E-state index is 12.1. The first-order chi connectivity index (χ1) is 12.2. The van der Waals surface area contributed by atoms with Gasteiger partial charge in [0.25, 0.3) is 5.56 Å². The third-order valence-electron chi connectivity index (χ3n) is 3.49. The van der Waals surface area contributed by atoms with Gasteiger partial charge in [0, 0.05) is 17.8 Å². The molecule has 2 heterocycles. The first-order valence-electron chi connectivity index (χ1n) is 7.59. The summed E-state index contributed by atoms with van der Waals surface area (Å²) in [5.74, 6) is 0.278. The van der Waals surface area contributed by atoms with Crippen molar-refractivity contribution in [2.75, 3.05) is 12.4 Å². The van der Waals surface area contributed by atoms with Crippen LogP contribution in [0, 0.1) is 0 Å². The molecule has 0 saturated heterocycles. The van der Waals surface area contributed by atoms with Crippen molar-refractivity contribution < 1.29 is 9.53 Å². The van der Waals surface area contributed by atoms with E-state index in [9.17, 15) is 9.59 Å². The highest BCUT2D eigenvalue weighted by Crippen LogP contribution is 2.27. The van der Waals surface area contributed by atoms with Gasteiger partial charge in [0.1, 0.15) is 12.3 Å². The standard InChI is InChI=1S/C18H16N4O3/c1-25-16-7-3-2-6-14(16)15-8-9-18(24)22(21-15)12-17(23)20-13-5-4-10-19-11-13/h2-11H,12H2,1H3,(H,20,23). The van der Waals surface area contributed by atoms with Gasteiger partial charge in [-0.25, -0.2) is 4.68 Å². The number of anilines is 1. The van der Waals surface area contributed by atoms with E-state index in [-0.39, 0.29) is 18.0 Å². The summed E-state index contributed by atoms with van der Waals surface area (Å²) in [6, 6.07) is 13.8. The van der Waals surface area contributed by atoms with Crippen molar-refractivity contribution in [1.29, 1.82) is 0 Å². The third-order valence-corrected chi connectivity index (χ3v) is 3.49. The summed E-state index contributed by atoms with van der Waals surface area (Å²) in [5.41, 5.74) is 1.49. The molecule has 0 aliphatic heterocycles.